The lowest BCUT2D eigenvalue weighted by molar-refractivity contribution is 0.102. The van der Waals surface area contributed by atoms with Crippen LogP contribution >= 0.6 is 0 Å². The molecule has 3 aromatic carbocycles. The molecule has 39 heavy (non-hydrogen) atoms. The highest BCUT2D eigenvalue weighted by molar-refractivity contribution is 6.04. The molecule has 1 saturated heterocycles. The van der Waals surface area contributed by atoms with Crippen LogP contribution in [0.15, 0.2) is 60.7 Å². The van der Waals surface area contributed by atoms with Crippen LogP contribution in [-0.4, -0.2) is 49.8 Å². The molecular weight excluding hydrogens is 488 g/mol. The summed E-state index contributed by atoms with van der Waals surface area (Å²) in [5, 5.41) is 14.0. The van der Waals surface area contributed by atoms with Crippen molar-refractivity contribution in [3.05, 3.63) is 88.5 Å². The highest BCUT2D eigenvalue weighted by Crippen LogP contribution is 2.32. The van der Waals surface area contributed by atoms with Gasteiger partial charge in [-0.25, -0.2) is 0 Å². The normalized spacial score (nSPS) is 18.2. The highest BCUT2D eigenvalue weighted by Gasteiger charge is 2.22. The molecule has 0 spiro atoms. The van der Waals surface area contributed by atoms with E-state index in [-0.39, 0.29) is 5.91 Å². The number of aliphatic hydroxyl groups excluding tert-OH is 1. The number of aryl methyl sites for hydroxylation is 1. The third-order valence-electron chi connectivity index (χ3n) is 8.31. The third kappa shape index (κ3) is 6.63. The number of piperidine rings is 1. The summed E-state index contributed by atoms with van der Waals surface area (Å²) in [7, 11) is 3.13. The molecule has 1 amide bonds. The molecule has 1 aliphatic heterocycles. The first-order valence-electron chi connectivity index (χ1n) is 14.2. The Bertz CT molecular complexity index is 1270. The zero-order valence-electron chi connectivity index (χ0n) is 23.1. The van der Waals surface area contributed by atoms with Gasteiger partial charge >= 0.3 is 0 Å². The minimum absolute atomic E-state index is 0.230. The molecule has 3 aromatic rings. The summed E-state index contributed by atoms with van der Waals surface area (Å²) in [6.45, 7) is 3.78. The number of ether oxygens (including phenoxy) is 2. The molecule has 6 heteroatoms. The number of carbonyl (C=O) groups excluding carboxylic acids is 1. The van der Waals surface area contributed by atoms with E-state index in [4.69, 9.17) is 9.47 Å². The van der Waals surface area contributed by atoms with Crippen LogP contribution in [0.5, 0.6) is 11.5 Å². The van der Waals surface area contributed by atoms with Gasteiger partial charge in [0.15, 0.2) is 11.5 Å². The number of nitrogens with zero attached hydrogens (tertiary/aromatic N) is 1. The predicted octanol–water partition coefficient (Wildman–Crippen LogP) is 6.02. The van der Waals surface area contributed by atoms with Gasteiger partial charge in [-0.05, 0) is 111 Å². The quantitative estimate of drug-likeness (QED) is 0.356. The second-order valence-electron chi connectivity index (χ2n) is 10.9. The van der Waals surface area contributed by atoms with Gasteiger partial charge in [0.05, 0.1) is 14.2 Å². The van der Waals surface area contributed by atoms with Gasteiger partial charge in [-0.2, -0.15) is 0 Å². The summed E-state index contributed by atoms with van der Waals surface area (Å²) >= 11 is 0. The second kappa shape index (κ2) is 12.7. The van der Waals surface area contributed by atoms with E-state index < -0.39 is 6.10 Å². The van der Waals surface area contributed by atoms with Gasteiger partial charge in [0.25, 0.3) is 5.91 Å². The summed E-state index contributed by atoms with van der Waals surface area (Å²) in [4.78, 5) is 15.4. The fourth-order valence-electron chi connectivity index (χ4n) is 5.94. The van der Waals surface area contributed by atoms with Crippen molar-refractivity contribution >= 4 is 11.6 Å². The van der Waals surface area contributed by atoms with E-state index >= 15 is 0 Å². The summed E-state index contributed by atoms with van der Waals surface area (Å²) in [6.07, 6.45) is 8.11. The number of rotatable bonds is 9. The van der Waals surface area contributed by atoms with Crippen LogP contribution in [-0.2, 0) is 12.8 Å². The van der Waals surface area contributed by atoms with Crippen molar-refractivity contribution in [2.24, 2.45) is 5.92 Å². The van der Waals surface area contributed by atoms with Crippen molar-refractivity contribution in [2.75, 3.05) is 39.2 Å². The molecule has 2 unspecified atom stereocenters. The number of benzene rings is 3. The lowest BCUT2D eigenvalue weighted by Gasteiger charge is -2.30. The Morgan fingerprint density at radius 3 is 2.41 bits per heavy atom. The molecule has 1 heterocycles. The van der Waals surface area contributed by atoms with Gasteiger partial charge in [0.2, 0.25) is 0 Å². The topological polar surface area (TPSA) is 71.0 Å². The van der Waals surface area contributed by atoms with Crippen LogP contribution in [0, 0.1) is 5.92 Å². The van der Waals surface area contributed by atoms with Crippen molar-refractivity contribution in [1.29, 1.82) is 0 Å². The van der Waals surface area contributed by atoms with Crippen LogP contribution < -0.4 is 14.8 Å². The standard InChI is InChI=1S/C33H40N2O4/c1-38-30-15-14-29(22-31(30)39-2)34-33(37)25-10-8-24(9-11-25)32(36)28-13-12-26-20-23(6-7-27(26)21-28)16-19-35-17-4-3-5-18-35/h8-15,21-23,32,36H,3-7,16-20H2,1-2H3,(H,34,37). The number of carbonyl (C=O) groups is 1. The first kappa shape index (κ1) is 27.2. The summed E-state index contributed by atoms with van der Waals surface area (Å²) in [6, 6.07) is 18.8. The minimum Gasteiger partial charge on any atom is -0.493 e. The van der Waals surface area contributed by atoms with Gasteiger partial charge in [-0.1, -0.05) is 36.8 Å². The van der Waals surface area contributed by atoms with Gasteiger partial charge < -0.3 is 24.8 Å². The lowest BCUT2D eigenvalue weighted by atomic mass is 9.81. The molecule has 2 N–H and O–H groups in total. The zero-order valence-corrected chi connectivity index (χ0v) is 23.1. The van der Waals surface area contributed by atoms with Crippen molar-refractivity contribution in [3.63, 3.8) is 0 Å². The monoisotopic (exact) mass is 528 g/mol. The number of amides is 1. The largest absolute Gasteiger partial charge is 0.493 e. The first-order chi connectivity index (χ1) is 19.0. The van der Waals surface area contributed by atoms with Crippen molar-refractivity contribution in [2.45, 2.75) is 51.0 Å². The Morgan fingerprint density at radius 2 is 1.67 bits per heavy atom. The molecule has 0 bridgehead atoms. The number of likely N-dealkylation sites (tertiary alicyclic amines) is 1. The van der Waals surface area contributed by atoms with E-state index in [1.807, 2.05) is 12.1 Å². The van der Waals surface area contributed by atoms with Crippen LogP contribution in [0.4, 0.5) is 5.69 Å². The molecule has 5 rings (SSSR count). The molecule has 2 aliphatic rings. The summed E-state index contributed by atoms with van der Waals surface area (Å²) in [5.41, 5.74) is 5.61. The highest BCUT2D eigenvalue weighted by atomic mass is 16.5. The minimum atomic E-state index is -0.727. The predicted molar refractivity (Wildman–Crippen MR) is 155 cm³/mol. The molecule has 206 valence electrons. The van der Waals surface area contributed by atoms with Crippen LogP contribution in [0.25, 0.3) is 0 Å². The summed E-state index contributed by atoms with van der Waals surface area (Å²) in [5.74, 6) is 1.68. The van der Waals surface area contributed by atoms with Crippen molar-refractivity contribution < 1.29 is 19.4 Å². The average Bonchev–Trinajstić information content (AvgIpc) is 2.99. The van der Waals surface area contributed by atoms with Crippen LogP contribution in [0.2, 0.25) is 0 Å². The van der Waals surface area contributed by atoms with Crippen molar-refractivity contribution in [3.8, 4) is 11.5 Å². The lowest BCUT2D eigenvalue weighted by Crippen LogP contribution is -2.32. The van der Waals surface area contributed by atoms with E-state index in [9.17, 15) is 9.90 Å². The van der Waals surface area contributed by atoms with E-state index in [0.29, 0.717) is 22.7 Å². The van der Waals surface area contributed by atoms with Gasteiger partial charge in [-0.3, -0.25) is 4.79 Å². The Labute approximate surface area is 232 Å². The number of nitrogens with one attached hydrogen (secondary N) is 1. The van der Waals surface area contributed by atoms with E-state index in [0.717, 1.165) is 29.9 Å². The molecule has 0 radical (unpaired) electrons. The molecule has 1 fully saturated rings. The Balaban J connectivity index is 1.18. The summed E-state index contributed by atoms with van der Waals surface area (Å²) < 4.78 is 10.6. The van der Waals surface area contributed by atoms with Crippen LogP contribution in [0.1, 0.15) is 70.8 Å². The maximum absolute atomic E-state index is 12.8. The molecule has 6 nitrogen and oxygen atoms in total. The zero-order chi connectivity index (χ0) is 27.2. The SMILES string of the molecule is COc1ccc(NC(=O)c2ccc(C(O)c3ccc4c(c3)CCC(CCN3CCCCC3)C4)cc2)cc1OC. The van der Waals surface area contributed by atoms with E-state index in [1.54, 1.807) is 44.6 Å². The number of hydrogen-bond acceptors (Lipinski definition) is 5. The van der Waals surface area contributed by atoms with Crippen molar-refractivity contribution in [1.82, 2.24) is 4.90 Å². The second-order valence-corrected chi connectivity index (χ2v) is 10.9. The number of methoxy groups -OCH3 is 2. The fraction of sp³-hybridized carbons (Fsp3) is 0.424. The molecule has 0 aromatic heterocycles. The number of anilines is 1. The van der Waals surface area contributed by atoms with E-state index in [1.165, 1.54) is 62.9 Å². The maximum atomic E-state index is 12.8. The molecular formula is C33H40N2O4. The first-order valence-corrected chi connectivity index (χ1v) is 14.2. The maximum Gasteiger partial charge on any atom is 0.255 e. The number of hydrogen-bond donors (Lipinski definition) is 2. The van der Waals surface area contributed by atoms with Gasteiger partial charge in [0, 0.05) is 17.3 Å². The van der Waals surface area contributed by atoms with Gasteiger partial charge in [0.1, 0.15) is 6.10 Å². The van der Waals surface area contributed by atoms with Gasteiger partial charge in [-0.15, -0.1) is 0 Å². The van der Waals surface area contributed by atoms with Crippen LogP contribution in [0.3, 0.4) is 0 Å². The number of aliphatic hydroxyl groups is 1. The molecule has 2 atom stereocenters. The Hall–Kier alpha value is -3.35. The Kier molecular flexibility index (Phi) is 8.84. The fourth-order valence-corrected chi connectivity index (χ4v) is 5.94. The van der Waals surface area contributed by atoms with E-state index in [2.05, 4.69) is 28.4 Å². The Morgan fingerprint density at radius 1 is 0.923 bits per heavy atom. The number of fused-ring (bicyclic) bond motifs is 1. The average molecular weight is 529 g/mol. The third-order valence-corrected chi connectivity index (χ3v) is 8.31. The smallest absolute Gasteiger partial charge is 0.255 e. The molecule has 0 saturated carbocycles. The molecule has 1 aliphatic carbocycles.